The summed E-state index contributed by atoms with van der Waals surface area (Å²) in [6.07, 6.45) is 4.76. The first-order valence-electron chi connectivity index (χ1n) is 6.71. The third-order valence-electron chi connectivity index (χ3n) is 3.62. The number of hydrogen-bond donors (Lipinski definition) is 1. The molecule has 0 amide bonds. The zero-order chi connectivity index (χ0) is 13.1. The Labute approximate surface area is 113 Å². The standard InChI is InChI=1S/C16H18N2O/c1-17-10-13-7-9-19-16-14(5-2-6-15(13)16)12-4-3-8-18-11-12/h2-6,8,11,13,17H,7,9-10H2,1H3/t13-/m0/s1. The molecule has 0 fully saturated rings. The second-order valence-electron chi connectivity index (χ2n) is 4.86. The van der Waals surface area contributed by atoms with Gasteiger partial charge < -0.3 is 10.1 Å². The van der Waals surface area contributed by atoms with Crippen LogP contribution in [-0.2, 0) is 0 Å². The fourth-order valence-corrected chi connectivity index (χ4v) is 2.70. The van der Waals surface area contributed by atoms with Crippen LogP contribution in [0.25, 0.3) is 11.1 Å². The molecule has 1 atom stereocenters. The smallest absolute Gasteiger partial charge is 0.130 e. The Kier molecular flexibility index (Phi) is 3.47. The van der Waals surface area contributed by atoms with Crippen LogP contribution >= 0.6 is 0 Å². The number of nitrogens with one attached hydrogen (secondary N) is 1. The Morgan fingerprint density at radius 2 is 2.26 bits per heavy atom. The highest BCUT2D eigenvalue weighted by Gasteiger charge is 2.23. The largest absolute Gasteiger partial charge is 0.493 e. The molecule has 98 valence electrons. The number of aromatic nitrogens is 1. The van der Waals surface area contributed by atoms with Crippen molar-refractivity contribution in [3.8, 4) is 16.9 Å². The van der Waals surface area contributed by atoms with Gasteiger partial charge in [0.25, 0.3) is 0 Å². The molecule has 0 aliphatic carbocycles. The molecule has 0 radical (unpaired) electrons. The van der Waals surface area contributed by atoms with Gasteiger partial charge in [0.2, 0.25) is 0 Å². The second kappa shape index (κ2) is 5.41. The van der Waals surface area contributed by atoms with Gasteiger partial charge >= 0.3 is 0 Å². The fraction of sp³-hybridized carbons (Fsp3) is 0.312. The molecule has 0 bridgehead atoms. The Bertz CT molecular complexity index is 554. The van der Waals surface area contributed by atoms with E-state index in [-0.39, 0.29) is 0 Å². The summed E-state index contributed by atoms with van der Waals surface area (Å²) in [6, 6.07) is 10.4. The van der Waals surface area contributed by atoms with Gasteiger partial charge in [-0.25, -0.2) is 0 Å². The molecule has 1 aromatic carbocycles. The molecule has 0 saturated carbocycles. The lowest BCUT2D eigenvalue weighted by Gasteiger charge is -2.27. The van der Waals surface area contributed by atoms with Gasteiger partial charge in [-0.05, 0) is 25.1 Å². The van der Waals surface area contributed by atoms with Crippen LogP contribution in [0.5, 0.6) is 5.75 Å². The number of para-hydroxylation sites is 1. The van der Waals surface area contributed by atoms with Crippen LogP contribution in [0, 0.1) is 0 Å². The van der Waals surface area contributed by atoms with E-state index in [4.69, 9.17) is 4.74 Å². The highest BCUT2D eigenvalue weighted by Crippen LogP contribution is 2.40. The third-order valence-corrected chi connectivity index (χ3v) is 3.62. The molecule has 1 N–H and O–H groups in total. The topological polar surface area (TPSA) is 34.1 Å². The predicted molar refractivity (Wildman–Crippen MR) is 76.5 cm³/mol. The zero-order valence-electron chi connectivity index (χ0n) is 11.1. The van der Waals surface area contributed by atoms with E-state index in [9.17, 15) is 0 Å². The van der Waals surface area contributed by atoms with Crippen molar-refractivity contribution >= 4 is 0 Å². The van der Waals surface area contributed by atoms with E-state index in [2.05, 4.69) is 34.6 Å². The van der Waals surface area contributed by atoms with Gasteiger partial charge in [-0.15, -0.1) is 0 Å². The summed E-state index contributed by atoms with van der Waals surface area (Å²) in [6.45, 7) is 1.78. The van der Waals surface area contributed by atoms with Crippen molar-refractivity contribution in [2.45, 2.75) is 12.3 Å². The van der Waals surface area contributed by atoms with Crippen LogP contribution in [0.15, 0.2) is 42.7 Å². The second-order valence-corrected chi connectivity index (χ2v) is 4.86. The number of rotatable bonds is 3. The van der Waals surface area contributed by atoms with E-state index in [1.165, 1.54) is 5.56 Å². The van der Waals surface area contributed by atoms with Crippen LogP contribution in [-0.4, -0.2) is 25.2 Å². The van der Waals surface area contributed by atoms with E-state index in [0.29, 0.717) is 5.92 Å². The molecule has 3 rings (SSSR count). The minimum absolute atomic E-state index is 0.533. The molecule has 1 aromatic heterocycles. The van der Waals surface area contributed by atoms with Crippen molar-refractivity contribution in [1.82, 2.24) is 10.3 Å². The number of hydrogen-bond acceptors (Lipinski definition) is 3. The van der Waals surface area contributed by atoms with Gasteiger partial charge in [0.05, 0.1) is 6.61 Å². The van der Waals surface area contributed by atoms with Crippen molar-refractivity contribution in [3.63, 3.8) is 0 Å². The van der Waals surface area contributed by atoms with Gasteiger partial charge in [0.15, 0.2) is 0 Å². The minimum Gasteiger partial charge on any atom is -0.493 e. The first-order chi connectivity index (χ1) is 9.40. The number of pyridine rings is 1. The third kappa shape index (κ3) is 2.34. The SMILES string of the molecule is CNC[C@@H]1CCOc2c(-c3cccnc3)cccc21. The van der Waals surface area contributed by atoms with Gasteiger partial charge in [-0.3, -0.25) is 4.98 Å². The monoisotopic (exact) mass is 254 g/mol. The Morgan fingerprint density at radius 1 is 1.32 bits per heavy atom. The van der Waals surface area contributed by atoms with E-state index >= 15 is 0 Å². The quantitative estimate of drug-likeness (QED) is 0.914. The lowest BCUT2D eigenvalue weighted by molar-refractivity contribution is 0.267. The Morgan fingerprint density at radius 3 is 3.05 bits per heavy atom. The Balaban J connectivity index is 2.06. The minimum atomic E-state index is 0.533. The van der Waals surface area contributed by atoms with E-state index in [1.54, 1.807) is 6.20 Å². The molecule has 0 saturated heterocycles. The number of nitrogens with zero attached hydrogens (tertiary/aromatic N) is 1. The van der Waals surface area contributed by atoms with Crippen LogP contribution in [0.1, 0.15) is 17.9 Å². The lowest BCUT2D eigenvalue weighted by atomic mass is 9.90. The van der Waals surface area contributed by atoms with Crippen molar-refractivity contribution < 1.29 is 4.74 Å². The number of ether oxygens (including phenoxy) is 1. The van der Waals surface area contributed by atoms with Crippen molar-refractivity contribution in [1.29, 1.82) is 0 Å². The van der Waals surface area contributed by atoms with E-state index in [1.807, 2.05) is 19.3 Å². The number of fused-ring (bicyclic) bond motifs is 1. The molecule has 1 aliphatic heterocycles. The molecule has 2 heterocycles. The van der Waals surface area contributed by atoms with Crippen LogP contribution in [0.2, 0.25) is 0 Å². The van der Waals surface area contributed by atoms with Gasteiger partial charge in [-0.2, -0.15) is 0 Å². The summed E-state index contributed by atoms with van der Waals surface area (Å²) in [7, 11) is 2.00. The molecular weight excluding hydrogens is 236 g/mol. The lowest BCUT2D eigenvalue weighted by Crippen LogP contribution is -2.23. The molecule has 1 aliphatic rings. The summed E-state index contributed by atoms with van der Waals surface area (Å²) in [5.74, 6) is 1.56. The first kappa shape index (κ1) is 12.2. The maximum absolute atomic E-state index is 5.93. The summed E-state index contributed by atoms with van der Waals surface area (Å²) in [5.41, 5.74) is 3.57. The van der Waals surface area contributed by atoms with Crippen molar-refractivity contribution in [3.05, 3.63) is 48.3 Å². The average Bonchev–Trinajstić information content (AvgIpc) is 2.48. The highest BCUT2D eigenvalue weighted by molar-refractivity contribution is 5.72. The molecule has 3 nitrogen and oxygen atoms in total. The molecule has 2 aromatic rings. The van der Waals surface area contributed by atoms with Crippen LogP contribution in [0.4, 0.5) is 0 Å². The van der Waals surface area contributed by atoms with Crippen LogP contribution in [0.3, 0.4) is 0 Å². The van der Waals surface area contributed by atoms with Gasteiger partial charge in [0, 0.05) is 36.0 Å². The molecule has 0 unspecified atom stereocenters. The van der Waals surface area contributed by atoms with Crippen molar-refractivity contribution in [2.24, 2.45) is 0 Å². The Hall–Kier alpha value is -1.87. The zero-order valence-corrected chi connectivity index (χ0v) is 11.1. The maximum atomic E-state index is 5.93. The van der Waals surface area contributed by atoms with E-state index in [0.717, 1.165) is 36.4 Å². The molecule has 3 heteroatoms. The number of likely N-dealkylation sites (N-methyl/N-ethyl adjacent to an activating group) is 1. The molecule has 0 spiro atoms. The predicted octanol–water partition coefficient (Wildman–Crippen LogP) is 2.83. The van der Waals surface area contributed by atoms with Gasteiger partial charge in [-0.1, -0.05) is 24.3 Å². The van der Waals surface area contributed by atoms with Gasteiger partial charge in [0.1, 0.15) is 5.75 Å². The molecule has 19 heavy (non-hydrogen) atoms. The molecular formula is C16H18N2O. The van der Waals surface area contributed by atoms with Crippen molar-refractivity contribution in [2.75, 3.05) is 20.2 Å². The highest BCUT2D eigenvalue weighted by atomic mass is 16.5. The summed E-state index contributed by atoms with van der Waals surface area (Å²) >= 11 is 0. The average molecular weight is 254 g/mol. The summed E-state index contributed by atoms with van der Waals surface area (Å²) < 4.78 is 5.93. The number of benzene rings is 1. The normalized spacial score (nSPS) is 17.6. The summed E-state index contributed by atoms with van der Waals surface area (Å²) in [5, 5.41) is 3.27. The maximum Gasteiger partial charge on any atom is 0.130 e. The van der Waals surface area contributed by atoms with Crippen LogP contribution < -0.4 is 10.1 Å². The first-order valence-corrected chi connectivity index (χ1v) is 6.71. The summed E-state index contributed by atoms with van der Waals surface area (Å²) in [4.78, 5) is 4.20. The van der Waals surface area contributed by atoms with E-state index < -0.39 is 0 Å². The fourth-order valence-electron chi connectivity index (χ4n) is 2.70.